The number of aromatic nitrogens is 8. The van der Waals surface area contributed by atoms with E-state index in [0.717, 1.165) is 36.8 Å². The molecule has 8 atom stereocenters. The number of fused-ring (bicyclic) bond motifs is 2. The first-order valence-electron chi connectivity index (χ1n) is 22.8. The fourth-order valence-electron chi connectivity index (χ4n) is 8.71. The second kappa shape index (κ2) is 23.4. The summed E-state index contributed by atoms with van der Waals surface area (Å²) in [6.07, 6.45) is 0.763. The van der Waals surface area contributed by atoms with Gasteiger partial charge in [-0.25, -0.2) is 19.9 Å². The number of carboxylic acids is 1. The van der Waals surface area contributed by atoms with E-state index in [2.05, 4.69) is 52.4 Å². The largest absolute Gasteiger partial charge is 0.481 e. The number of carboxylic acid groups (broad SMARTS) is 1. The number of likely N-dealkylation sites (N-methyl/N-ethyl adjacent to an activating group) is 1. The Balaban J connectivity index is 0.000000226. The Morgan fingerprint density at radius 1 is 0.829 bits per heavy atom. The van der Waals surface area contributed by atoms with Crippen molar-refractivity contribution in [2.45, 2.75) is 115 Å². The number of hydrogen-bond acceptors (Lipinski definition) is 19. The quantitative estimate of drug-likeness (QED) is 0.0581. The van der Waals surface area contributed by atoms with E-state index >= 15 is 0 Å². The fourth-order valence-corrected chi connectivity index (χ4v) is 8.71. The Hall–Kier alpha value is -6.55. The number of benzene rings is 1. The fraction of sp³-hybridized carbons (Fsp3) is 0.522. The zero-order valence-electron chi connectivity index (χ0n) is 39.1. The molecule has 376 valence electrons. The summed E-state index contributed by atoms with van der Waals surface area (Å²) >= 11 is 0. The number of amides is 1. The minimum atomic E-state index is -1.37. The number of imidazole rings is 2. The molecule has 0 radical (unpaired) electrons. The topological polar surface area (TPSA) is 340 Å². The highest BCUT2D eigenvalue weighted by Crippen LogP contribution is 2.37. The predicted octanol–water partition coefficient (Wildman–Crippen LogP) is 1.87. The molecular weight excluding hydrogens is 932 g/mol. The smallest absolute Gasteiger partial charge is 0.308 e. The standard InChI is InChI=1S/C24H32N6O5.C22H26N6O6.ClH/c1-4-26-22(32)19-18(31)13(2)23(35-19)30-12-27-17-20(25)28-16(29-21(17)30)7-5-6-14-8-10-15(11-9-14)24(33)34-3;1-11(29)18-16(32)17(33)21(34-18)28-10-25-15-19(23)26-22(27-20(15)28)24-9-8-13-4-2-12(3-5-13)6-7-14(30)31;/h12-15,18-19,23,31H,4,6,8-11H2,1-3H3,(H,26,32)(H2,25,28,29);2-5,10,16-18,21,32-33H,6-9H2,1H3,(H,30,31)(H3,23,24,26,27);1H/t13-,14?,15?,18+,19+,23-;16?,17-,18+,21+;/m10./s1. The zero-order chi connectivity index (χ0) is 49.5. The molecule has 70 heavy (non-hydrogen) atoms. The van der Waals surface area contributed by atoms with Gasteiger partial charge in [-0.15, -0.1) is 12.4 Å². The maximum Gasteiger partial charge on any atom is 0.308 e. The van der Waals surface area contributed by atoms with E-state index in [0.29, 0.717) is 60.6 Å². The Kier molecular flexibility index (Phi) is 17.6. The number of aliphatic hydroxyl groups excluding tert-OH is 3. The molecule has 0 bridgehead atoms. The van der Waals surface area contributed by atoms with Crippen molar-refractivity contribution < 1.29 is 53.8 Å². The van der Waals surface area contributed by atoms with E-state index in [1.54, 1.807) is 18.4 Å². The molecule has 2 saturated heterocycles. The van der Waals surface area contributed by atoms with Gasteiger partial charge in [-0.3, -0.25) is 28.3 Å². The summed E-state index contributed by atoms with van der Waals surface area (Å²) in [7, 11) is 1.43. The van der Waals surface area contributed by atoms with Crippen molar-refractivity contribution >= 4 is 75.9 Å². The van der Waals surface area contributed by atoms with Crippen LogP contribution in [-0.4, -0.2) is 134 Å². The Morgan fingerprint density at radius 3 is 2.03 bits per heavy atom. The number of nitrogens with zero attached hydrogens (tertiary/aromatic N) is 8. The monoisotopic (exact) mass is 990 g/mol. The average Bonchev–Trinajstić information content (AvgIpc) is 4.10. The Labute approximate surface area is 408 Å². The maximum absolute atomic E-state index is 12.3. The van der Waals surface area contributed by atoms with Gasteiger partial charge in [-0.2, -0.15) is 9.97 Å². The summed E-state index contributed by atoms with van der Waals surface area (Å²) < 4.78 is 19.4. The summed E-state index contributed by atoms with van der Waals surface area (Å²) in [5.74, 6) is 5.31. The molecule has 1 saturated carbocycles. The lowest BCUT2D eigenvalue weighted by molar-refractivity contribution is -0.147. The minimum absolute atomic E-state index is 0. The number of carbonyl (C=O) groups excluding carboxylic acids is 3. The summed E-state index contributed by atoms with van der Waals surface area (Å²) in [5.41, 5.74) is 15.6. The van der Waals surface area contributed by atoms with Crippen LogP contribution in [0.4, 0.5) is 17.6 Å². The van der Waals surface area contributed by atoms with Gasteiger partial charge in [0, 0.05) is 31.8 Å². The first-order valence-corrected chi connectivity index (χ1v) is 22.8. The van der Waals surface area contributed by atoms with Crippen LogP contribution in [0, 0.1) is 29.6 Å². The van der Waals surface area contributed by atoms with Gasteiger partial charge in [0.2, 0.25) is 11.8 Å². The van der Waals surface area contributed by atoms with Gasteiger partial charge in [0.05, 0.1) is 31.8 Å². The number of esters is 1. The SMILES string of the molecule is CC(=O)[C@H]1O[C@@H](n2cnc3c(N)nc(NCCc4ccc(CCC(=O)O)cc4)nc32)[C@@H](O)C1O.CCNC(=O)[C@H]1O[C@@H](n2cnc3c(N)nc(C#CCC4CCC(C(=O)OC)CC4)nc32)[C@H](C)[C@@H]1O.Cl. The first kappa shape index (κ1) is 52.8. The van der Waals surface area contributed by atoms with E-state index in [1.165, 1.54) is 31.3 Å². The van der Waals surface area contributed by atoms with Crippen molar-refractivity contribution in [3.63, 3.8) is 0 Å². The zero-order valence-corrected chi connectivity index (χ0v) is 39.9. The van der Waals surface area contributed by atoms with Gasteiger partial charge in [0.25, 0.3) is 5.91 Å². The number of nitrogen functional groups attached to an aromatic ring is 2. The van der Waals surface area contributed by atoms with Crippen LogP contribution >= 0.6 is 12.4 Å². The van der Waals surface area contributed by atoms with Gasteiger partial charge < -0.3 is 56.7 Å². The van der Waals surface area contributed by atoms with Gasteiger partial charge in [0.1, 0.15) is 35.6 Å². The van der Waals surface area contributed by atoms with Crippen molar-refractivity contribution in [1.82, 2.24) is 44.4 Å². The molecule has 5 aromatic rings. The van der Waals surface area contributed by atoms with Gasteiger partial charge in [-0.1, -0.05) is 37.1 Å². The van der Waals surface area contributed by atoms with Crippen LogP contribution < -0.4 is 22.1 Å². The number of ketones is 1. The average molecular weight is 992 g/mol. The number of halogens is 1. The number of ether oxygens (including phenoxy) is 3. The van der Waals surface area contributed by atoms with E-state index in [4.69, 9.17) is 30.8 Å². The highest BCUT2D eigenvalue weighted by molar-refractivity contribution is 5.86. The van der Waals surface area contributed by atoms with Gasteiger partial charge >= 0.3 is 11.9 Å². The van der Waals surface area contributed by atoms with Crippen LogP contribution in [0.5, 0.6) is 0 Å². The molecule has 10 N–H and O–H groups in total. The molecule has 4 aromatic heterocycles. The van der Waals surface area contributed by atoms with Crippen LogP contribution in [-0.2, 0) is 46.2 Å². The third kappa shape index (κ3) is 11.9. The molecule has 23 nitrogen and oxygen atoms in total. The van der Waals surface area contributed by atoms with E-state index < -0.39 is 54.7 Å². The molecule has 3 fully saturated rings. The summed E-state index contributed by atoms with van der Waals surface area (Å²) in [4.78, 5) is 72.4. The molecule has 24 heteroatoms. The van der Waals surface area contributed by atoms with Crippen LogP contribution in [0.1, 0.15) is 88.7 Å². The third-order valence-electron chi connectivity index (χ3n) is 12.6. The number of aryl methyl sites for hydroxylation is 1. The highest BCUT2D eigenvalue weighted by Gasteiger charge is 2.47. The first-order chi connectivity index (χ1) is 33.1. The van der Waals surface area contributed by atoms with Crippen molar-refractivity contribution in [2.75, 3.05) is 37.0 Å². The number of nitrogens with one attached hydrogen (secondary N) is 2. The molecule has 3 aliphatic rings. The third-order valence-corrected chi connectivity index (χ3v) is 12.6. The van der Waals surface area contributed by atoms with Gasteiger partial charge in [-0.05, 0) is 75.3 Å². The Bertz CT molecular complexity index is 2720. The molecule has 1 aliphatic carbocycles. The van der Waals surface area contributed by atoms with E-state index in [9.17, 15) is 34.5 Å². The van der Waals surface area contributed by atoms with E-state index in [1.807, 2.05) is 24.3 Å². The summed E-state index contributed by atoms with van der Waals surface area (Å²) in [6.45, 7) is 5.83. The molecule has 6 heterocycles. The lowest BCUT2D eigenvalue weighted by Gasteiger charge is -2.25. The molecule has 8 rings (SSSR count). The number of carbonyl (C=O) groups is 4. The lowest BCUT2D eigenvalue weighted by Crippen LogP contribution is -2.41. The molecule has 1 aromatic carbocycles. The molecule has 2 aliphatic heterocycles. The number of aliphatic hydroxyl groups is 3. The summed E-state index contributed by atoms with van der Waals surface area (Å²) in [6, 6.07) is 7.71. The van der Waals surface area contributed by atoms with Crippen molar-refractivity contribution in [3.8, 4) is 11.8 Å². The molecular formula is C46H59ClN12O11. The van der Waals surface area contributed by atoms with Crippen LogP contribution in [0.15, 0.2) is 36.9 Å². The molecule has 1 amide bonds. The number of anilines is 3. The number of hydrogen-bond donors (Lipinski definition) is 8. The molecule has 1 unspecified atom stereocenters. The second-order valence-electron chi connectivity index (χ2n) is 17.4. The van der Waals surface area contributed by atoms with Crippen molar-refractivity contribution in [2.24, 2.45) is 17.8 Å². The van der Waals surface area contributed by atoms with Crippen molar-refractivity contribution in [1.29, 1.82) is 0 Å². The number of methoxy groups -OCH3 is 1. The normalized spacial score (nSPS) is 25.0. The summed E-state index contributed by atoms with van der Waals surface area (Å²) in [5, 5.41) is 45.7. The highest BCUT2D eigenvalue weighted by atomic mass is 35.5. The number of aliphatic carboxylic acids is 1. The maximum atomic E-state index is 12.3. The Morgan fingerprint density at radius 2 is 1.43 bits per heavy atom. The predicted molar refractivity (Wildman–Crippen MR) is 255 cm³/mol. The minimum Gasteiger partial charge on any atom is -0.481 e. The lowest BCUT2D eigenvalue weighted by atomic mass is 9.81. The second-order valence-corrected chi connectivity index (χ2v) is 17.4. The van der Waals surface area contributed by atoms with Gasteiger partial charge in [0.15, 0.2) is 41.0 Å². The van der Waals surface area contributed by atoms with Crippen LogP contribution in [0.25, 0.3) is 22.3 Å². The number of Topliss-reactive ketones (excluding diaryl/α,β-unsaturated/α-hetero) is 1. The number of nitrogens with two attached hydrogens (primary N) is 2. The van der Waals surface area contributed by atoms with Crippen LogP contribution in [0.2, 0.25) is 0 Å². The van der Waals surface area contributed by atoms with Crippen molar-refractivity contribution in [3.05, 3.63) is 53.9 Å². The number of rotatable bonds is 14. The van der Waals surface area contributed by atoms with E-state index in [-0.39, 0.29) is 65.9 Å². The van der Waals surface area contributed by atoms with Crippen LogP contribution in [0.3, 0.4) is 0 Å². The molecule has 0 spiro atoms.